The fourth-order valence-corrected chi connectivity index (χ4v) is 2.70. The van der Waals surface area contributed by atoms with E-state index in [0.29, 0.717) is 48.7 Å². The summed E-state index contributed by atoms with van der Waals surface area (Å²) in [6.07, 6.45) is 0.717. The fraction of sp³-hybridized carbons (Fsp3) is 0.286. The summed E-state index contributed by atoms with van der Waals surface area (Å²) in [6, 6.07) is 13.7. The maximum absolute atomic E-state index is 12.4. The number of carbonyl (C=O) groups excluding carboxylic acids is 2. The molecule has 2 amide bonds. The summed E-state index contributed by atoms with van der Waals surface area (Å²) < 4.78 is 10.3. The van der Waals surface area contributed by atoms with E-state index < -0.39 is 0 Å². The van der Waals surface area contributed by atoms with Gasteiger partial charge in [0.25, 0.3) is 11.8 Å². The van der Waals surface area contributed by atoms with E-state index in [-0.39, 0.29) is 16.9 Å². The number of hydrogen-bond acceptors (Lipinski definition) is 5. The van der Waals surface area contributed by atoms with Crippen LogP contribution < -0.4 is 20.7 Å². The number of ether oxygens (including phenoxy) is 2. The maximum atomic E-state index is 12.4. The highest BCUT2D eigenvalue weighted by Gasteiger charge is 2.13. The number of rotatable bonds is 9. The number of carbonyl (C=O) groups is 2. The average Bonchev–Trinajstić information content (AvgIpc) is 2.72. The first-order valence-electron chi connectivity index (χ1n) is 9.26. The molecule has 29 heavy (non-hydrogen) atoms. The lowest BCUT2D eigenvalue weighted by atomic mass is 10.1. The Labute approximate surface area is 175 Å². The number of hydrogen-bond donors (Lipinski definition) is 3. The van der Waals surface area contributed by atoms with Crippen molar-refractivity contribution in [3.05, 3.63) is 59.7 Å². The Balaban J connectivity index is 1.96. The second-order valence-electron chi connectivity index (χ2n) is 6.01. The number of methoxy groups -OCH3 is 1. The Kier molecular flexibility index (Phi) is 9.07. The van der Waals surface area contributed by atoms with Crippen LogP contribution in [0.3, 0.4) is 0 Å². The van der Waals surface area contributed by atoms with E-state index in [2.05, 4.69) is 16.0 Å². The van der Waals surface area contributed by atoms with Gasteiger partial charge in [-0.3, -0.25) is 14.9 Å². The lowest BCUT2D eigenvalue weighted by Gasteiger charge is -2.14. The van der Waals surface area contributed by atoms with Crippen LogP contribution in [0.25, 0.3) is 0 Å². The lowest BCUT2D eigenvalue weighted by Crippen LogP contribution is -2.35. The van der Waals surface area contributed by atoms with Crippen LogP contribution in [-0.2, 0) is 4.74 Å². The van der Waals surface area contributed by atoms with Crippen LogP contribution >= 0.6 is 12.2 Å². The van der Waals surface area contributed by atoms with Gasteiger partial charge < -0.3 is 20.1 Å². The van der Waals surface area contributed by atoms with Crippen molar-refractivity contribution < 1.29 is 19.1 Å². The summed E-state index contributed by atoms with van der Waals surface area (Å²) >= 11 is 5.23. The van der Waals surface area contributed by atoms with Gasteiger partial charge in [-0.25, -0.2) is 0 Å². The van der Waals surface area contributed by atoms with E-state index in [1.807, 2.05) is 6.92 Å². The monoisotopic (exact) mass is 415 g/mol. The van der Waals surface area contributed by atoms with E-state index >= 15 is 0 Å². The SMILES string of the molecule is CCOc1ccc(C(=O)NC(=S)Nc2ccccc2C(=O)NCCCOC)cc1. The van der Waals surface area contributed by atoms with Gasteiger partial charge in [0.2, 0.25) is 0 Å². The van der Waals surface area contributed by atoms with Gasteiger partial charge in [0, 0.05) is 25.8 Å². The molecule has 0 bridgehead atoms. The topological polar surface area (TPSA) is 88.7 Å². The third-order valence-corrected chi connectivity index (χ3v) is 4.09. The Morgan fingerprint density at radius 3 is 2.45 bits per heavy atom. The maximum Gasteiger partial charge on any atom is 0.257 e. The molecule has 3 N–H and O–H groups in total. The van der Waals surface area contributed by atoms with Crippen molar-refractivity contribution >= 4 is 34.8 Å². The minimum absolute atomic E-state index is 0.100. The number of anilines is 1. The number of para-hydroxylation sites is 1. The molecule has 0 aliphatic heterocycles. The third kappa shape index (κ3) is 7.17. The Morgan fingerprint density at radius 2 is 1.76 bits per heavy atom. The minimum atomic E-state index is -0.355. The number of nitrogens with one attached hydrogen (secondary N) is 3. The number of amides is 2. The van der Waals surface area contributed by atoms with Crippen molar-refractivity contribution in [2.75, 3.05) is 32.2 Å². The van der Waals surface area contributed by atoms with Gasteiger partial charge in [0.05, 0.1) is 17.9 Å². The smallest absolute Gasteiger partial charge is 0.257 e. The van der Waals surface area contributed by atoms with E-state index in [1.54, 1.807) is 55.6 Å². The zero-order chi connectivity index (χ0) is 21.1. The van der Waals surface area contributed by atoms with E-state index in [0.717, 1.165) is 0 Å². The number of thiocarbonyl (C=S) groups is 1. The molecule has 0 unspecified atom stereocenters. The molecule has 0 atom stereocenters. The molecule has 2 rings (SSSR count). The van der Waals surface area contributed by atoms with Crippen molar-refractivity contribution in [1.29, 1.82) is 0 Å². The molecule has 0 saturated carbocycles. The molecule has 2 aromatic carbocycles. The van der Waals surface area contributed by atoms with E-state index in [4.69, 9.17) is 21.7 Å². The first-order chi connectivity index (χ1) is 14.0. The largest absolute Gasteiger partial charge is 0.494 e. The number of benzene rings is 2. The zero-order valence-electron chi connectivity index (χ0n) is 16.5. The first-order valence-corrected chi connectivity index (χ1v) is 9.67. The quantitative estimate of drug-likeness (QED) is 0.431. The molecule has 0 aliphatic rings. The molecule has 8 heteroatoms. The van der Waals surface area contributed by atoms with Crippen LogP contribution in [0.15, 0.2) is 48.5 Å². The highest BCUT2D eigenvalue weighted by molar-refractivity contribution is 7.80. The standard InChI is InChI=1S/C21H25N3O4S/c1-3-28-16-11-9-15(10-12-16)19(25)24-21(29)23-18-8-5-4-7-17(18)20(26)22-13-6-14-27-2/h4-5,7-12H,3,6,13-14H2,1-2H3,(H,22,26)(H2,23,24,25,29). The van der Waals surface area contributed by atoms with Gasteiger partial charge in [-0.15, -0.1) is 0 Å². The summed E-state index contributed by atoms with van der Waals surface area (Å²) in [5, 5.41) is 8.46. The normalized spacial score (nSPS) is 10.1. The zero-order valence-corrected chi connectivity index (χ0v) is 17.3. The summed E-state index contributed by atoms with van der Waals surface area (Å²) in [7, 11) is 1.61. The first kappa shape index (κ1) is 22.3. The van der Waals surface area contributed by atoms with Crippen molar-refractivity contribution in [3.63, 3.8) is 0 Å². The Morgan fingerprint density at radius 1 is 1.03 bits per heavy atom. The molecule has 2 aromatic rings. The Bertz CT molecular complexity index is 840. The molecule has 7 nitrogen and oxygen atoms in total. The third-order valence-electron chi connectivity index (χ3n) is 3.89. The molecule has 0 fully saturated rings. The molecular formula is C21H25N3O4S. The minimum Gasteiger partial charge on any atom is -0.494 e. The van der Waals surface area contributed by atoms with Crippen LogP contribution in [0, 0.1) is 0 Å². The molecule has 0 aliphatic carbocycles. The van der Waals surface area contributed by atoms with Gasteiger partial charge in [-0.2, -0.15) is 0 Å². The molecule has 0 aromatic heterocycles. The summed E-state index contributed by atoms with van der Waals surface area (Å²) in [4.78, 5) is 24.8. The van der Waals surface area contributed by atoms with Crippen molar-refractivity contribution in [3.8, 4) is 5.75 Å². The predicted molar refractivity (Wildman–Crippen MR) is 117 cm³/mol. The highest BCUT2D eigenvalue weighted by Crippen LogP contribution is 2.15. The molecule has 154 valence electrons. The summed E-state index contributed by atoms with van der Waals surface area (Å²) in [5.74, 6) is 0.104. The van der Waals surface area contributed by atoms with Crippen molar-refractivity contribution in [2.24, 2.45) is 0 Å². The summed E-state index contributed by atoms with van der Waals surface area (Å²) in [6.45, 7) is 3.52. The summed E-state index contributed by atoms with van der Waals surface area (Å²) in [5.41, 5.74) is 1.39. The van der Waals surface area contributed by atoms with Gasteiger partial charge in [0.15, 0.2) is 5.11 Å². The van der Waals surface area contributed by atoms with Gasteiger partial charge in [0.1, 0.15) is 5.75 Å². The molecule has 0 saturated heterocycles. The van der Waals surface area contributed by atoms with Gasteiger partial charge >= 0.3 is 0 Å². The highest BCUT2D eigenvalue weighted by atomic mass is 32.1. The van der Waals surface area contributed by atoms with Crippen LogP contribution in [-0.4, -0.2) is 43.8 Å². The average molecular weight is 416 g/mol. The van der Waals surface area contributed by atoms with Crippen LogP contribution in [0.2, 0.25) is 0 Å². The predicted octanol–water partition coefficient (Wildman–Crippen LogP) is 2.98. The second-order valence-corrected chi connectivity index (χ2v) is 6.42. The van der Waals surface area contributed by atoms with Crippen LogP contribution in [0.4, 0.5) is 5.69 Å². The molecule has 0 heterocycles. The molecule has 0 radical (unpaired) electrons. The molecular weight excluding hydrogens is 390 g/mol. The van der Waals surface area contributed by atoms with Crippen molar-refractivity contribution in [2.45, 2.75) is 13.3 Å². The van der Waals surface area contributed by atoms with Crippen molar-refractivity contribution in [1.82, 2.24) is 10.6 Å². The van der Waals surface area contributed by atoms with E-state index in [1.165, 1.54) is 0 Å². The fourth-order valence-electron chi connectivity index (χ4n) is 2.50. The lowest BCUT2D eigenvalue weighted by molar-refractivity contribution is 0.0947. The van der Waals surface area contributed by atoms with Crippen LogP contribution in [0.5, 0.6) is 5.75 Å². The van der Waals surface area contributed by atoms with Gasteiger partial charge in [-0.1, -0.05) is 12.1 Å². The van der Waals surface area contributed by atoms with Gasteiger partial charge in [-0.05, 0) is 62.0 Å². The Hall–Kier alpha value is -2.97. The van der Waals surface area contributed by atoms with E-state index in [9.17, 15) is 9.59 Å². The second kappa shape index (κ2) is 11.8. The molecule has 0 spiro atoms. The van der Waals surface area contributed by atoms with Crippen LogP contribution in [0.1, 0.15) is 34.1 Å².